The highest BCUT2D eigenvalue weighted by Gasteiger charge is 2.12. The minimum absolute atomic E-state index is 0.0975. The molecule has 2 aromatic carbocycles. The lowest BCUT2D eigenvalue weighted by atomic mass is 10.0. The van der Waals surface area contributed by atoms with Crippen LogP contribution in [0.15, 0.2) is 42.5 Å². The number of ether oxygens (including phenoxy) is 1. The van der Waals surface area contributed by atoms with Gasteiger partial charge in [0, 0.05) is 5.69 Å². The maximum absolute atomic E-state index is 11.8. The van der Waals surface area contributed by atoms with Crippen LogP contribution in [0.3, 0.4) is 0 Å². The van der Waals surface area contributed by atoms with E-state index in [0.717, 1.165) is 11.3 Å². The number of carbonyl (C=O) groups excluding carboxylic acids is 1. The molecule has 0 aliphatic rings. The van der Waals surface area contributed by atoms with Crippen LogP contribution in [0.5, 0.6) is 0 Å². The van der Waals surface area contributed by atoms with Crippen molar-refractivity contribution in [2.45, 2.75) is 33.7 Å². The van der Waals surface area contributed by atoms with Crippen molar-refractivity contribution in [1.82, 2.24) is 5.32 Å². The summed E-state index contributed by atoms with van der Waals surface area (Å²) in [5.74, 6) is -0.314. The van der Waals surface area contributed by atoms with Crippen LogP contribution in [0.1, 0.15) is 46.9 Å². The van der Waals surface area contributed by atoms with Crippen LogP contribution in [0.2, 0.25) is 0 Å². The maximum Gasteiger partial charge on any atom is 0.338 e. The molecule has 2 N–H and O–H groups in total. The predicted molar refractivity (Wildman–Crippen MR) is 106 cm³/mol. The van der Waals surface area contributed by atoms with E-state index in [0.29, 0.717) is 17.3 Å². The number of aryl methyl sites for hydroxylation is 2. The van der Waals surface area contributed by atoms with Gasteiger partial charge < -0.3 is 15.4 Å². The van der Waals surface area contributed by atoms with E-state index in [-0.39, 0.29) is 12.0 Å². The molecule has 0 saturated heterocycles. The number of thiocarbonyl (C=S) groups is 1. The number of anilines is 1. The number of carbonyl (C=O) groups is 1. The van der Waals surface area contributed by atoms with Crippen LogP contribution < -0.4 is 10.6 Å². The molecule has 0 bridgehead atoms. The average Bonchev–Trinajstić information content (AvgIpc) is 2.57. The molecule has 0 unspecified atom stereocenters. The van der Waals surface area contributed by atoms with Crippen molar-refractivity contribution >= 4 is 29.0 Å². The third-order valence-electron chi connectivity index (χ3n) is 3.99. The van der Waals surface area contributed by atoms with Gasteiger partial charge >= 0.3 is 5.97 Å². The smallest absolute Gasteiger partial charge is 0.338 e. The molecular formula is C20H24N2O2S. The van der Waals surface area contributed by atoms with Crippen molar-refractivity contribution in [3.8, 4) is 0 Å². The third kappa shape index (κ3) is 5.03. The number of hydrogen-bond donors (Lipinski definition) is 2. The highest BCUT2D eigenvalue weighted by molar-refractivity contribution is 7.80. The van der Waals surface area contributed by atoms with Crippen LogP contribution >= 0.6 is 12.2 Å². The minimum Gasteiger partial charge on any atom is -0.462 e. The van der Waals surface area contributed by atoms with E-state index in [1.54, 1.807) is 19.1 Å². The molecule has 0 fully saturated rings. The van der Waals surface area contributed by atoms with Gasteiger partial charge in [-0.15, -0.1) is 0 Å². The molecule has 0 aromatic heterocycles. The molecule has 0 aliphatic carbocycles. The third-order valence-corrected chi connectivity index (χ3v) is 4.21. The van der Waals surface area contributed by atoms with Crippen LogP contribution in [-0.4, -0.2) is 17.7 Å². The summed E-state index contributed by atoms with van der Waals surface area (Å²) in [7, 11) is 0. The van der Waals surface area contributed by atoms with E-state index in [4.69, 9.17) is 17.0 Å². The van der Waals surface area contributed by atoms with Crippen molar-refractivity contribution in [2.24, 2.45) is 0 Å². The maximum atomic E-state index is 11.8. The van der Waals surface area contributed by atoms with Gasteiger partial charge in [0.1, 0.15) is 0 Å². The first-order valence-corrected chi connectivity index (χ1v) is 8.74. The average molecular weight is 356 g/mol. The lowest BCUT2D eigenvalue weighted by molar-refractivity contribution is 0.0526. The van der Waals surface area contributed by atoms with Gasteiger partial charge in [0.05, 0.1) is 18.2 Å². The topological polar surface area (TPSA) is 50.4 Å². The molecule has 25 heavy (non-hydrogen) atoms. The van der Waals surface area contributed by atoms with Gasteiger partial charge in [0.15, 0.2) is 5.11 Å². The Hall–Kier alpha value is -2.40. The largest absolute Gasteiger partial charge is 0.462 e. The molecule has 0 saturated carbocycles. The zero-order valence-electron chi connectivity index (χ0n) is 15.1. The van der Waals surface area contributed by atoms with Gasteiger partial charge in [-0.1, -0.05) is 24.3 Å². The van der Waals surface area contributed by atoms with Crippen molar-refractivity contribution in [2.75, 3.05) is 11.9 Å². The summed E-state index contributed by atoms with van der Waals surface area (Å²) in [6.07, 6.45) is 0. The second kappa shape index (κ2) is 8.62. The summed E-state index contributed by atoms with van der Waals surface area (Å²) in [5, 5.41) is 7.04. The Labute approximate surface area is 154 Å². The summed E-state index contributed by atoms with van der Waals surface area (Å²) in [6.45, 7) is 8.25. The summed E-state index contributed by atoms with van der Waals surface area (Å²) in [6, 6.07) is 13.7. The second-order valence-corrected chi connectivity index (χ2v) is 6.34. The van der Waals surface area contributed by atoms with Gasteiger partial charge in [0.2, 0.25) is 0 Å². The van der Waals surface area contributed by atoms with E-state index in [9.17, 15) is 4.79 Å². The van der Waals surface area contributed by atoms with Crippen LogP contribution in [-0.2, 0) is 4.74 Å². The minimum atomic E-state index is -0.314. The Balaban J connectivity index is 2.03. The summed E-state index contributed by atoms with van der Waals surface area (Å²) >= 11 is 5.43. The van der Waals surface area contributed by atoms with Crippen LogP contribution in [0.4, 0.5) is 5.69 Å². The number of esters is 1. The molecule has 0 aliphatic heterocycles. The fourth-order valence-electron chi connectivity index (χ4n) is 2.65. The van der Waals surface area contributed by atoms with E-state index in [2.05, 4.69) is 36.6 Å². The predicted octanol–water partition coefficient (Wildman–Crippen LogP) is 4.53. The van der Waals surface area contributed by atoms with Gasteiger partial charge in [-0.2, -0.15) is 0 Å². The van der Waals surface area contributed by atoms with E-state index in [1.165, 1.54) is 11.1 Å². The van der Waals surface area contributed by atoms with E-state index < -0.39 is 0 Å². The Morgan fingerprint density at radius 1 is 1.16 bits per heavy atom. The second-order valence-electron chi connectivity index (χ2n) is 5.93. The van der Waals surface area contributed by atoms with Crippen LogP contribution in [0, 0.1) is 13.8 Å². The van der Waals surface area contributed by atoms with Crippen molar-refractivity contribution in [1.29, 1.82) is 0 Å². The number of hydrogen-bond acceptors (Lipinski definition) is 3. The summed E-state index contributed by atoms with van der Waals surface area (Å²) in [4.78, 5) is 11.8. The molecule has 0 amide bonds. The van der Waals surface area contributed by atoms with Crippen molar-refractivity contribution in [3.63, 3.8) is 0 Å². The van der Waals surface area contributed by atoms with E-state index in [1.807, 2.05) is 25.1 Å². The highest BCUT2D eigenvalue weighted by Crippen LogP contribution is 2.19. The van der Waals surface area contributed by atoms with Gasteiger partial charge in [-0.25, -0.2) is 4.79 Å². The van der Waals surface area contributed by atoms with Crippen molar-refractivity contribution < 1.29 is 9.53 Å². The van der Waals surface area contributed by atoms with Gasteiger partial charge in [-0.05, 0) is 74.8 Å². The normalized spacial score (nSPS) is 11.5. The Morgan fingerprint density at radius 2 is 1.88 bits per heavy atom. The molecule has 4 nitrogen and oxygen atoms in total. The summed E-state index contributed by atoms with van der Waals surface area (Å²) in [5.41, 5.74) is 4.76. The fourth-order valence-corrected chi connectivity index (χ4v) is 2.94. The number of benzene rings is 2. The molecule has 0 radical (unpaired) electrons. The molecular weight excluding hydrogens is 332 g/mol. The monoisotopic (exact) mass is 356 g/mol. The molecule has 0 spiro atoms. The number of nitrogens with one attached hydrogen (secondary N) is 2. The number of rotatable bonds is 5. The fraction of sp³-hybridized carbons (Fsp3) is 0.300. The molecule has 132 valence electrons. The van der Waals surface area contributed by atoms with Crippen LogP contribution in [0.25, 0.3) is 0 Å². The van der Waals surface area contributed by atoms with Gasteiger partial charge in [0.25, 0.3) is 0 Å². The molecule has 1 atom stereocenters. The first kappa shape index (κ1) is 18.9. The lowest BCUT2D eigenvalue weighted by Crippen LogP contribution is -2.31. The SMILES string of the molecule is CCOC(=O)c1ccc(NC(=S)N[C@@H](C)c2ccccc2C)c(C)c1. The zero-order chi connectivity index (χ0) is 18.4. The quantitative estimate of drug-likeness (QED) is 0.609. The molecule has 2 rings (SSSR count). The Kier molecular flexibility index (Phi) is 6.53. The van der Waals surface area contributed by atoms with E-state index >= 15 is 0 Å². The standard InChI is InChI=1S/C20H24N2O2S/c1-5-24-19(23)16-10-11-18(14(3)12-16)22-20(25)21-15(4)17-9-7-6-8-13(17)2/h6-12,15H,5H2,1-4H3,(H2,21,22,25)/t15-/m0/s1. The summed E-state index contributed by atoms with van der Waals surface area (Å²) < 4.78 is 5.02. The van der Waals surface area contributed by atoms with Gasteiger partial charge in [-0.3, -0.25) is 0 Å². The highest BCUT2D eigenvalue weighted by atomic mass is 32.1. The first-order chi connectivity index (χ1) is 11.9. The first-order valence-electron chi connectivity index (χ1n) is 8.33. The van der Waals surface area contributed by atoms with Crippen molar-refractivity contribution in [3.05, 3.63) is 64.7 Å². The molecule has 5 heteroatoms. The zero-order valence-corrected chi connectivity index (χ0v) is 15.9. The Bertz CT molecular complexity index is 774. The molecule has 0 heterocycles. The molecule has 2 aromatic rings. The lowest BCUT2D eigenvalue weighted by Gasteiger charge is -2.20. The Morgan fingerprint density at radius 3 is 2.52 bits per heavy atom.